The molecule has 4 aromatic rings. The van der Waals surface area contributed by atoms with E-state index in [4.69, 9.17) is 21.3 Å². The summed E-state index contributed by atoms with van der Waals surface area (Å²) in [4.78, 5) is 32.7. The molecule has 0 aliphatic rings. The summed E-state index contributed by atoms with van der Waals surface area (Å²) in [6, 6.07) is 17.8. The molecule has 0 saturated carbocycles. The average molecular weight is 611 g/mol. The Morgan fingerprint density at radius 3 is 2.62 bits per heavy atom. The predicted molar refractivity (Wildman–Crippen MR) is 162 cm³/mol. The molecule has 0 saturated heterocycles. The summed E-state index contributed by atoms with van der Waals surface area (Å²) in [5, 5.41) is 8.39. The first-order valence-corrected chi connectivity index (χ1v) is 13.6. The van der Waals surface area contributed by atoms with Crippen LogP contribution >= 0.6 is 27.5 Å². The molecule has 0 unspecified atom stereocenters. The van der Waals surface area contributed by atoms with E-state index in [1.54, 1.807) is 36.5 Å². The SMILES string of the molecule is CC[C@H](C)c1nc2ccc(Br)cc2c(=O)n1N=Cc1ccc(N(C)C)cc1OCC(=O)Nc1ccc(Cl)cc1. The Bertz CT molecular complexity index is 1580. The third kappa shape index (κ3) is 6.85. The molecular formula is C29H29BrClN5O3. The molecule has 0 aliphatic carbocycles. The highest BCUT2D eigenvalue weighted by atomic mass is 79.9. The fourth-order valence-electron chi connectivity index (χ4n) is 3.81. The van der Waals surface area contributed by atoms with Gasteiger partial charge in [-0.2, -0.15) is 9.78 Å². The van der Waals surface area contributed by atoms with Crippen LogP contribution in [-0.2, 0) is 4.79 Å². The van der Waals surface area contributed by atoms with Crippen LogP contribution in [-0.4, -0.2) is 42.5 Å². The molecule has 3 aromatic carbocycles. The minimum absolute atomic E-state index is 0.00583. The van der Waals surface area contributed by atoms with Gasteiger partial charge in [0.15, 0.2) is 6.61 Å². The number of nitrogens with one attached hydrogen (secondary N) is 1. The van der Waals surface area contributed by atoms with E-state index < -0.39 is 0 Å². The number of carbonyl (C=O) groups is 1. The predicted octanol–water partition coefficient (Wildman–Crippen LogP) is 6.29. The summed E-state index contributed by atoms with van der Waals surface area (Å²) >= 11 is 9.36. The lowest BCUT2D eigenvalue weighted by molar-refractivity contribution is -0.118. The van der Waals surface area contributed by atoms with Crippen LogP contribution in [0.1, 0.15) is 37.6 Å². The maximum Gasteiger partial charge on any atom is 0.282 e. The van der Waals surface area contributed by atoms with Crippen molar-refractivity contribution in [3.63, 3.8) is 0 Å². The van der Waals surface area contributed by atoms with Gasteiger partial charge in [-0.25, -0.2) is 4.98 Å². The first-order chi connectivity index (χ1) is 18.7. The zero-order valence-corrected chi connectivity index (χ0v) is 24.5. The van der Waals surface area contributed by atoms with Crippen LogP contribution in [0.15, 0.2) is 75.0 Å². The van der Waals surface area contributed by atoms with Crippen molar-refractivity contribution in [3.8, 4) is 5.75 Å². The molecule has 1 atom stereocenters. The minimum Gasteiger partial charge on any atom is -0.483 e. The van der Waals surface area contributed by atoms with E-state index in [1.807, 2.05) is 63.2 Å². The summed E-state index contributed by atoms with van der Waals surface area (Å²) < 4.78 is 8.06. The Morgan fingerprint density at radius 2 is 1.92 bits per heavy atom. The van der Waals surface area contributed by atoms with Gasteiger partial charge in [-0.15, -0.1) is 0 Å². The Balaban J connectivity index is 1.67. The molecule has 0 spiro atoms. The largest absolute Gasteiger partial charge is 0.483 e. The number of benzene rings is 3. The lowest BCUT2D eigenvalue weighted by Gasteiger charge is -2.16. The van der Waals surface area contributed by atoms with Gasteiger partial charge in [-0.3, -0.25) is 9.59 Å². The number of amides is 1. The zero-order chi connectivity index (χ0) is 28.1. The number of ether oxygens (including phenoxy) is 1. The number of aromatic nitrogens is 2. The summed E-state index contributed by atoms with van der Waals surface area (Å²) in [6.07, 6.45) is 2.35. The number of rotatable bonds is 9. The van der Waals surface area contributed by atoms with Crippen molar-refractivity contribution >= 4 is 61.9 Å². The molecule has 4 rings (SSSR count). The van der Waals surface area contributed by atoms with Crippen LogP contribution in [0.5, 0.6) is 5.75 Å². The first-order valence-electron chi connectivity index (χ1n) is 12.4. The number of nitrogens with zero attached hydrogens (tertiary/aromatic N) is 4. The van der Waals surface area contributed by atoms with Gasteiger partial charge >= 0.3 is 0 Å². The van der Waals surface area contributed by atoms with Crippen molar-refractivity contribution in [2.75, 3.05) is 30.9 Å². The zero-order valence-electron chi connectivity index (χ0n) is 22.1. The Morgan fingerprint density at radius 1 is 1.18 bits per heavy atom. The topological polar surface area (TPSA) is 88.8 Å². The second-order valence-electron chi connectivity index (χ2n) is 9.26. The first kappa shape index (κ1) is 28.3. The molecule has 8 nitrogen and oxygen atoms in total. The van der Waals surface area contributed by atoms with Gasteiger partial charge in [-0.1, -0.05) is 41.4 Å². The van der Waals surface area contributed by atoms with E-state index in [2.05, 4.69) is 26.3 Å². The molecule has 1 amide bonds. The fourth-order valence-corrected chi connectivity index (χ4v) is 4.29. The van der Waals surface area contributed by atoms with Crippen LogP contribution in [0.3, 0.4) is 0 Å². The number of halogens is 2. The van der Waals surface area contributed by atoms with E-state index in [-0.39, 0.29) is 24.0 Å². The fraction of sp³-hybridized carbons (Fsp3) is 0.241. The van der Waals surface area contributed by atoms with Gasteiger partial charge in [0, 0.05) is 52.5 Å². The number of hydrogen-bond acceptors (Lipinski definition) is 6. The summed E-state index contributed by atoms with van der Waals surface area (Å²) in [6.45, 7) is 3.83. The smallest absolute Gasteiger partial charge is 0.282 e. The number of fused-ring (bicyclic) bond motifs is 1. The van der Waals surface area contributed by atoms with E-state index in [0.29, 0.717) is 38.8 Å². The third-order valence-electron chi connectivity index (χ3n) is 6.20. The van der Waals surface area contributed by atoms with E-state index in [0.717, 1.165) is 16.6 Å². The van der Waals surface area contributed by atoms with Crippen LogP contribution in [0.25, 0.3) is 10.9 Å². The van der Waals surface area contributed by atoms with Gasteiger partial charge < -0.3 is 15.0 Å². The van der Waals surface area contributed by atoms with Crippen LogP contribution < -0.4 is 20.5 Å². The summed E-state index contributed by atoms with van der Waals surface area (Å²) in [5.41, 5.74) is 2.47. The quantitative estimate of drug-likeness (QED) is 0.225. The third-order valence-corrected chi connectivity index (χ3v) is 6.94. The molecular weight excluding hydrogens is 582 g/mol. The molecule has 39 heavy (non-hydrogen) atoms. The maximum absolute atomic E-state index is 13.5. The standard InChI is InChI=1S/C29H29BrClN5O3/c1-5-18(2)28-34-25-13-7-20(30)14-24(25)29(38)36(28)32-16-19-6-12-23(35(3)4)15-26(19)39-17-27(37)33-22-10-8-21(31)9-11-22/h6-16,18H,5,17H2,1-4H3,(H,33,37)/t18-/m0/s1. The molecule has 1 N–H and O–H groups in total. The molecule has 1 heterocycles. The minimum atomic E-state index is -0.324. The molecule has 0 fully saturated rings. The Labute approximate surface area is 240 Å². The lowest BCUT2D eigenvalue weighted by atomic mass is 10.1. The molecule has 10 heteroatoms. The highest BCUT2D eigenvalue weighted by Gasteiger charge is 2.16. The van der Waals surface area contributed by atoms with Crippen molar-refractivity contribution in [2.24, 2.45) is 5.10 Å². The maximum atomic E-state index is 13.5. The lowest BCUT2D eigenvalue weighted by Crippen LogP contribution is -2.24. The monoisotopic (exact) mass is 609 g/mol. The summed E-state index contributed by atoms with van der Waals surface area (Å²) in [5.74, 6) is 0.704. The normalized spacial score (nSPS) is 12.1. The van der Waals surface area contributed by atoms with Gasteiger partial charge in [0.05, 0.1) is 17.1 Å². The van der Waals surface area contributed by atoms with Crippen LogP contribution in [0.2, 0.25) is 5.02 Å². The van der Waals surface area contributed by atoms with E-state index in [1.165, 1.54) is 4.68 Å². The van der Waals surface area contributed by atoms with E-state index >= 15 is 0 Å². The van der Waals surface area contributed by atoms with Gasteiger partial charge in [-0.05, 0) is 61.0 Å². The van der Waals surface area contributed by atoms with Crippen molar-refractivity contribution in [1.82, 2.24) is 9.66 Å². The highest BCUT2D eigenvalue weighted by molar-refractivity contribution is 9.10. The van der Waals surface area contributed by atoms with Gasteiger partial charge in [0.2, 0.25) is 0 Å². The number of carbonyl (C=O) groups excluding carboxylic acids is 1. The molecule has 0 bridgehead atoms. The number of hydrogen-bond donors (Lipinski definition) is 1. The van der Waals surface area contributed by atoms with Crippen LogP contribution in [0, 0.1) is 0 Å². The van der Waals surface area contributed by atoms with Crippen molar-refractivity contribution in [3.05, 3.63) is 91.9 Å². The molecule has 0 aliphatic heterocycles. The average Bonchev–Trinajstić information content (AvgIpc) is 2.92. The Kier molecular flexibility index (Phi) is 9.04. The van der Waals surface area contributed by atoms with E-state index in [9.17, 15) is 9.59 Å². The van der Waals surface area contributed by atoms with Crippen molar-refractivity contribution in [2.45, 2.75) is 26.2 Å². The second-order valence-corrected chi connectivity index (χ2v) is 10.6. The molecule has 202 valence electrons. The van der Waals surface area contributed by atoms with Crippen molar-refractivity contribution < 1.29 is 9.53 Å². The second kappa shape index (κ2) is 12.4. The van der Waals surface area contributed by atoms with Crippen molar-refractivity contribution in [1.29, 1.82) is 0 Å². The highest BCUT2D eigenvalue weighted by Crippen LogP contribution is 2.25. The Hall–Kier alpha value is -3.69. The van der Waals surface area contributed by atoms with Gasteiger partial charge in [0.25, 0.3) is 11.5 Å². The molecule has 0 radical (unpaired) electrons. The van der Waals surface area contributed by atoms with Gasteiger partial charge in [0.1, 0.15) is 11.6 Å². The number of anilines is 2. The summed E-state index contributed by atoms with van der Waals surface area (Å²) in [7, 11) is 3.83. The van der Waals surface area contributed by atoms with Crippen LogP contribution in [0.4, 0.5) is 11.4 Å². The molecule has 1 aromatic heterocycles.